The van der Waals surface area contributed by atoms with Crippen molar-refractivity contribution in [3.05, 3.63) is 42.9 Å². The number of aliphatic hydroxyl groups excluding tert-OH is 1. The third-order valence-corrected chi connectivity index (χ3v) is 12.4. The first-order valence-electron chi connectivity index (χ1n) is 14.4. The monoisotopic (exact) mass is 649 g/mol. The second kappa shape index (κ2) is 11.9. The number of nitrogens with one attached hydrogen (secondary N) is 1. The minimum atomic E-state index is -3.76. The number of sulfone groups is 1. The summed E-state index contributed by atoms with van der Waals surface area (Å²) in [6.45, 7) is 0.272. The smallest absolute Gasteiger partial charge is 0.407 e. The van der Waals surface area contributed by atoms with Crippen LogP contribution in [-0.4, -0.2) is 103 Å². The molecule has 2 aromatic heterocycles. The minimum absolute atomic E-state index is 0.0944. The van der Waals surface area contributed by atoms with Gasteiger partial charge in [-0.15, -0.1) is 0 Å². The average Bonchev–Trinajstić information content (AvgIpc) is 3.73. The van der Waals surface area contributed by atoms with E-state index in [1.807, 2.05) is 0 Å². The minimum Gasteiger partial charge on any atom is -0.491 e. The summed E-state index contributed by atoms with van der Waals surface area (Å²) in [6, 6.07) is 7.34. The fourth-order valence-electron chi connectivity index (χ4n) is 5.64. The van der Waals surface area contributed by atoms with Crippen LogP contribution in [0.5, 0.6) is 5.75 Å². The van der Waals surface area contributed by atoms with Gasteiger partial charge in [0, 0.05) is 26.3 Å². The maximum atomic E-state index is 13.3. The number of aryl methyl sites for hydroxylation is 1. The number of aliphatic hydroxyl groups is 1. The Morgan fingerprint density at radius 2 is 1.91 bits per heavy atom. The van der Waals surface area contributed by atoms with E-state index in [1.54, 1.807) is 30.1 Å². The Morgan fingerprint density at radius 1 is 1.14 bits per heavy atom. The first-order chi connectivity index (χ1) is 20.9. The molecule has 2 saturated heterocycles. The van der Waals surface area contributed by atoms with Crippen LogP contribution in [0.2, 0.25) is 0 Å². The number of rotatable bonds is 10. The molecule has 6 rings (SSSR count). The number of nitrogens with zero attached hydrogens (tertiary/aromatic N) is 4. The summed E-state index contributed by atoms with van der Waals surface area (Å²) in [4.78, 5) is 21.1. The molecule has 3 aromatic rings. The zero-order chi connectivity index (χ0) is 31.1. The van der Waals surface area contributed by atoms with Gasteiger partial charge in [0.25, 0.3) is 0 Å². The fraction of sp³-hybridized carbons (Fsp3) is 0.536. The molecule has 0 radical (unpaired) electrons. The van der Waals surface area contributed by atoms with E-state index in [0.717, 1.165) is 0 Å². The van der Waals surface area contributed by atoms with Crippen LogP contribution in [-0.2, 0) is 36.4 Å². The van der Waals surface area contributed by atoms with Gasteiger partial charge in [-0.05, 0) is 56.4 Å². The molecule has 3 aliphatic rings. The van der Waals surface area contributed by atoms with Gasteiger partial charge in [0.1, 0.15) is 35.5 Å². The molecular weight excluding hydrogens is 614 g/mol. The van der Waals surface area contributed by atoms with Crippen molar-refractivity contribution >= 4 is 37.1 Å². The van der Waals surface area contributed by atoms with E-state index in [4.69, 9.17) is 14.2 Å². The van der Waals surface area contributed by atoms with Gasteiger partial charge in [-0.2, -0.15) is 4.31 Å². The number of alkyl carbamates (subject to hydrolysis) is 1. The number of aromatic nitrogens is 3. The third kappa shape index (κ3) is 6.40. The van der Waals surface area contributed by atoms with Gasteiger partial charge in [0.05, 0.1) is 34.7 Å². The molecule has 238 valence electrons. The summed E-state index contributed by atoms with van der Waals surface area (Å²) in [5, 5.41) is 12.7. The number of piperidine rings is 1. The highest BCUT2D eigenvalue weighted by Gasteiger charge is 2.45. The number of ether oxygens (including phenoxy) is 3. The van der Waals surface area contributed by atoms with Gasteiger partial charge in [-0.25, -0.2) is 31.6 Å². The van der Waals surface area contributed by atoms with Gasteiger partial charge in [0.2, 0.25) is 10.0 Å². The molecule has 2 N–H and O–H groups in total. The topological polar surface area (TPSA) is 179 Å². The molecule has 2 atom stereocenters. The number of hydrogen-bond donors (Lipinski definition) is 2. The van der Waals surface area contributed by atoms with E-state index in [-0.39, 0.29) is 54.0 Å². The second-order valence-corrected chi connectivity index (χ2v) is 15.8. The number of sulfonamides is 1. The largest absolute Gasteiger partial charge is 0.491 e. The summed E-state index contributed by atoms with van der Waals surface area (Å²) in [6.07, 6.45) is 3.85. The zero-order valence-electron chi connectivity index (χ0n) is 24.2. The Hall–Kier alpha value is -3.31. The summed E-state index contributed by atoms with van der Waals surface area (Å²) in [7, 11) is -5.33. The maximum absolute atomic E-state index is 13.3. The second-order valence-electron chi connectivity index (χ2n) is 11.6. The fourth-order valence-corrected chi connectivity index (χ4v) is 8.74. The summed E-state index contributed by atoms with van der Waals surface area (Å²) in [5.74, 6) is 0.299. The van der Waals surface area contributed by atoms with Crippen LogP contribution in [0.15, 0.2) is 52.6 Å². The maximum Gasteiger partial charge on any atom is 0.407 e. The number of hydrogen-bond acceptors (Lipinski definition) is 11. The molecular formula is C28H35N5O9S2. The van der Waals surface area contributed by atoms with Crippen molar-refractivity contribution in [2.75, 3.05) is 32.9 Å². The van der Waals surface area contributed by atoms with Crippen LogP contribution >= 0.6 is 0 Å². The van der Waals surface area contributed by atoms with E-state index in [1.165, 1.54) is 28.7 Å². The molecule has 44 heavy (non-hydrogen) atoms. The van der Waals surface area contributed by atoms with Crippen LogP contribution < -0.4 is 10.1 Å². The molecule has 16 heteroatoms. The predicted octanol–water partition coefficient (Wildman–Crippen LogP) is 1.38. The van der Waals surface area contributed by atoms with Crippen LogP contribution in [0, 0.1) is 0 Å². The van der Waals surface area contributed by atoms with Crippen molar-refractivity contribution in [2.45, 2.75) is 64.9 Å². The van der Waals surface area contributed by atoms with E-state index < -0.39 is 37.7 Å². The molecule has 1 unspecified atom stereocenters. The molecule has 2 aliphatic heterocycles. The first kappa shape index (κ1) is 30.7. The van der Waals surface area contributed by atoms with E-state index in [2.05, 4.69) is 15.3 Å². The molecule has 4 heterocycles. The van der Waals surface area contributed by atoms with Crippen molar-refractivity contribution in [1.82, 2.24) is 24.2 Å². The molecule has 3 fully saturated rings. The first-order valence-corrected chi connectivity index (χ1v) is 17.4. The predicted molar refractivity (Wildman–Crippen MR) is 156 cm³/mol. The van der Waals surface area contributed by atoms with Crippen LogP contribution in [0.25, 0.3) is 11.2 Å². The summed E-state index contributed by atoms with van der Waals surface area (Å²) >= 11 is 0. The number of carbonyl (C=O) groups is 1. The zero-order valence-corrected chi connectivity index (χ0v) is 25.8. The highest BCUT2D eigenvalue weighted by atomic mass is 32.2. The average molecular weight is 650 g/mol. The normalized spacial score (nSPS) is 21.4. The highest BCUT2D eigenvalue weighted by molar-refractivity contribution is 7.92. The molecule has 1 saturated carbocycles. The van der Waals surface area contributed by atoms with Crippen LogP contribution in [0.4, 0.5) is 4.79 Å². The molecule has 14 nitrogen and oxygen atoms in total. The number of benzene rings is 1. The molecule has 1 amide bonds. The van der Waals surface area contributed by atoms with Gasteiger partial charge >= 0.3 is 6.09 Å². The van der Waals surface area contributed by atoms with Crippen molar-refractivity contribution in [1.29, 1.82) is 0 Å². The van der Waals surface area contributed by atoms with Crippen molar-refractivity contribution in [2.24, 2.45) is 7.05 Å². The summed E-state index contributed by atoms with van der Waals surface area (Å²) < 4.78 is 71.3. The summed E-state index contributed by atoms with van der Waals surface area (Å²) in [5.41, 5.74) is 0.556. The van der Waals surface area contributed by atoms with E-state index >= 15 is 0 Å². The number of carbonyl (C=O) groups excluding carboxylic acids is 1. The molecule has 1 aromatic carbocycles. The number of fused-ring (bicyclic) bond motifs is 1. The standard InChI is InChI=1S/C28H35N5O9S2/c1-32-18-30-25-12-24(14-29-26(25)32)44(38,39)33-9-7-28(8-10-33)13-19(15-42-28)31-27(35)41-17-20(34)16-40-21-3-2-4-23(11-21)43(36,37)22-5-6-22/h2-4,11-12,14,18-20,22,34H,5-10,13,15-17H2,1H3,(H,31,35)/t19-,20?/m1/s1. The van der Waals surface area contributed by atoms with Gasteiger partial charge in [0.15, 0.2) is 15.5 Å². The van der Waals surface area contributed by atoms with Crippen LogP contribution in [0.1, 0.15) is 32.1 Å². The Balaban J connectivity index is 0.936. The number of imidazole rings is 1. The van der Waals surface area contributed by atoms with Gasteiger partial charge in [-0.3, -0.25) is 0 Å². The van der Waals surface area contributed by atoms with Crippen LogP contribution in [0.3, 0.4) is 0 Å². The quantitative estimate of drug-likeness (QED) is 0.324. The Labute approximate surface area is 255 Å². The Kier molecular flexibility index (Phi) is 8.30. The lowest BCUT2D eigenvalue weighted by atomic mass is 9.88. The SMILES string of the molecule is Cn1cnc2cc(S(=O)(=O)N3CCC4(CC3)C[C@@H](NC(=O)OCC(O)COc3cccc(S(=O)(=O)C5CC5)c3)CO4)cnc21. The lowest BCUT2D eigenvalue weighted by molar-refractivity contribution is -0.0312. The van der Waals surface area contributed by atoms with Gasteiger partial charge < -0.3 is 29.2 Å². The lowest BCUT2D eigenvalue weighted by Crippen LogP contribution is -2.47. The Bertz CT molecular complexity index is 1750. The number of pyridine rings is 1. The van der Waals surface area contributed by atoms with Crippen molar-refractivity contribution in [3.8, 4) is 5.75 Å². The van der Waals surface area contributed by atoms with E-state index in [9.17, 15) is 26.7 Å². The molecule has 1 spiro atoms. The Morgan fingerprint density at radius 3 is 2.66 bits per heavy atom. The van der Waals surface area contributed by atoms with Gasteiger partial charge in [-0.1, -0.05) is 6.07 Å². The molecule has 1 aliphatic carbocycles. The third-order valence-electron chi connectivity index (χ3n) is 8.28. The van der Waals surface area contributed by atoms with Crippen molar-refractivity contribution in [3.63, 3.8) is 0 Å². The number of amides is 1. The lowest BCUT2D eigenvalue weighted by Gasteiger charge is -2.37. The highest BCUT2D eigenvalue weighted by Crippen LogP contribution is 2.38. The van der Waals surface area contributed by atoms with Crippen molar-refractivity contribution < 1.29 is 40.9 Å². The molecule has 0 bridgehead atoms. The van der Waals surface area contributed by atoms with E-state index in [0.29, 0.717) is 49.0 Å².